The number of benzene rings is 1. The number of carbonyl (C=O) groups excluding carboxylic acids is 1. The van der Waals surface area contributed by atoms with Crippen LogP contribution in [0.4, 0.5) is 0 Å². The fraction of sp³-hybridized carbons (Fsp3) is 0.652. The minimum Gasteiger partial charge on any atom is -0.356 e. The second-order valence-electron chi connectivity index (χ2n) is 8.20. The maximum Gasteiger partial charge on any atom is 0.253 e. The molecule has 0 unspecified atom stereocenters. The summed E-state index contributed by atoms with van der Waals surface area (Å²) in [4.78, 5) is 20.5. The number of nitrogens with zero attached hydrogens (tertiary/aromatic N) is 3. The van der Waals surface area contributed by atoms with Crippen molar-refractivity contribution in [1.82, 2.24) is 20.4 Å². The molecule has 0 atom stereocenters. The van der Waals surface area contributed by atoms with Gasteiger partial charge in [-0.05, 0) is 57.0 Å². The van der Waals surface area contributed by atoms with Crippen molar-refractivity contribution in [2.75, 3.05) is 47.8 Å². The van der Waals surface area contributed by atoms with Gasteiger partial charge < -0.3 is 20.4 Å². The Hall–Kier alpha value is -1.35. The standard InChI is InChI=1S/C23H39N5O.HI/c1-24-23(25-15-9-17-28(4)21-12-6-5-7-13-21)26-16-14-19-10-8-11-20(18-19)22(29)27(2)3;/h8,10-11,18,21H,5-7,9,12-17H2,1-4H3,(H2,24,25,26);1H. The first-order valence-electron chi connectivity index (χ1n) is 11.0. The third-order valence-electron chi connectivity index (χ3n) is 5.69. The Morgan fingerprint density at radius 3 is 2.47 bits per heavy atom. The second-order valence-corrected chi connectivity index (χ2v) is 8.20. The third kappa shape index (κ3) is 9.20. The molecule has 1 aliphatic rings. The topological polar surface area (TPSA) is 60.0 Å². The minimum atomic E-state index is 0. The number of hydrogen-bond acceptors (Lipinski definition) is 3. The number of nitrogens with one attached hydrogen (secondary N) is 2. The van der Waals surface area contributed by atoms with E-state index in [4.69, 9.17) is 0 Å². The van der Waals surface area contributed by atoms with Gasteiger partial charge in [0.25, 0.3) is 5.91 Å². The Labute approximate surface area is 199 Å². The zero-order valence-electron chi connectivity index (χ0n) is 19.1. The van der Waals surface area contributed by atoms with E-state index in [0.717, 1.165) is 55.6 Å². The van der Waals surface area contributed by atoms with Crippen LogP contribution in [0.3, 0.4) is 0 Å². The zero-order chi connectivity index (χ0) is 21.1. The van der Waals surface area contributed by atoms with Gasteiger partial charge in [-0.2, -0.15) is 0 Å². The van der Waals surface area contributed by atoms with Gasteiger partial charge in [-0.25, -0.2) is 0 Å². The molecule has 2 N–H and O–H groups in total. The lowest BCUT2D eigenvalue weighted by Gasteiger charge is -2.31. The molecule has 0 radical (unpaired) electrons. The van der Waals surface area contributed by atoms with E-state index in [1.807, 2.05) is 18.2 Å². The summed E-state index contributed by atoms with van der Waals surface area (Å²) in [5, 5.41) is 6.78. The lowest BCUT2D eigenvalue weighted by Crippen LogP contribution is -2.40. The highest BCUT2D eigenvalue weighted by Crippen LogP contribution is 2.21. The summed E-state index contributed by atoms with van der Waals surface area (Å²) in [6.07, 6.45) is 8.85. The summed E-state index contributed by atoms with van der Waals surface area (Å²) < 4.78 is 0. The summed E-state index contributed by atoms with van der Waals surface area (Å²) in [5.74, 6) is 0.876. The van der Waals surface area contributed by atoms with Crippen LogP contribution in [0.15, 0.2) is 29.3 Å². The van der Waals surface area contributed by atoms with Crippen LogP contribution >= 0.6 is 24.0 Å². The van der Waals surface area contributed by atoms with Crippen molar-refractivity contribution in [1.29, 1.82) is 0 Å². The molecule has 30 heavy (non-hydrogen) atoms. The van der Waals surface area contributed by atoms with Crippen LogP contribution in [0.25, 0.3) is 0 Å². The van der Waals surface area contributed by atoms with Crippen LogP contribution in [0, 0.1) is 0 Å². The van der Waals surface area contributed by atoms with E-state index in [1.165, 1.54) is 32.1 Å². The van der Waals surface area contributed by atoms with Crippen LogP contribution in [0.2, 0.25) is 0 Å². The Morgan fingerprint density at radius 1 is 1.10 bits per heavy atom. The van der Waals surface area contributed by atoms with Gasteiger partial charge in [0.15, 0.2) is 5.96 Å². The Morgan fingerprint density at radius 2 is 1.80 bits per heavy atom. The molecule has 0 spiro atoms. The molecular formula is C23H40IN5O. The summed E-state index contributed by atoms with van der Waals surface area (Å²) in [7, 11) is 7.62. The van der Waals surface area contributed by atoms with Crippen LogP contribution in [0.1, 0.15) is 54.4 Å². The van der Waals surface area contributed by atoms with Gasteiger partial charge in [0.1, 0.15) is 0 Å². The molecule has 1 saturated carbocycles. The van der Waals surface area contributed by atoms with Crippen molar-refractivity contribution in [3.05, 3.63) is 35.4 Å². The highest BCUT2D eigenvalue weighted by atomic mass is 127. The summed E-state index contributed by atoms with van der Waals surface area (Å²) in [6.45, 7) is 2.83. The van der Waals surface area contributed by atoms with E-state index in [-0.39, 0.29) is 29.9 Å². The van der Waals surface area contributed by atoms with Gasteiger partial charge in [-0.15, -0.1) is 24.0 Å². The highest BCUT2D eigenvalue weighted by Gasteiger charge is 2.17. The van der Waals surface area contributed by atoms with E-state index in [0.29, 0.717) is 0 Å². The van der Waals surface area contributed by atoms with E-state index in [9.17, 15) is 4.79 Å². The summed E-state index contributed by atoms with van der Waals surface area (Å²) in [6, 6.07) is 8.62. The lowest BCUT2D eigenvalue weighted by atomic mass is 9.94. The van der Waals surface area contributed by atoms with E-state index in [1.54, 1.807) is 26.0 Å². The highest BCUT2D eigenvalue weighted by molar-refractivity contribution is 14.0. The first-order valence-corrected chi connectivity index (χ1v) is 11.0. The van der Waals surface area contributed by atoms with Gasteiger partial charge >= 0.3 is 0 Å². The normalized spacial score (nSPS) is 14.9. The molecular weight excluding hydrogens is 489 g/mol. The molecule has 0 aliphatic heterocycles. The van der Waals surface area contributed by atoms with Crippen molar-refractivity contribution < 1.29 is 4.79 Å². The Kier molecular flexibility index (Phi) is 13.0. The molecule has 2 rings (SSSR count). The quantitative estimate of drug-likeness (QED) is 0.223. The molecule has 170 valence electrons. The first-order chi connectivity index (χ1) is 14.0. The monoisotopic (exact) mass is 529 g/mol. The fourth-order valence-corrected chi connectivity index (χ4v) is 3.90. The van der Waals surface area contributed by atoms with Crippen LogP contribution in [-0.4, -0.2) is 75.5 Å². The number of rotatable bonds is 9. The second kappa shape index (κ2) is 14.6. The van der Waals surface area contributed by atoms with Gasteiger partial charge in [-0.1, -0.05) is 31.4 Å². The molecule has 0 heterocycles. The molecule has 6 nitrogen and oxygen atoms in total. The maximum atomic E-state index is 12.1. The summed E-state index contributed by atoms with van der Waals surface area (Å²) >= 11 is 0. The maximum absolute atomic E-state index is 12.1. The lowest BCUT2D eigenvalue weighted by molar-refractivity contribution is 0.0827. The van der Waals surface area contributed by atoms with Crippen LogP contribution < -0.4 is 10.6 Å². The average molecular weight is 530 g/mol. The smallest absolute Gasteiger partial charge is 0.253 e. The number of aliphatic imine (C=N–C) groups is 1. The van der Waals surface area contributed by atoms with Crippen LogP contribution in [-0.2, 0) is 6.42 Å². The minimum absolute atomic E-state index is 0. The van der Waals surface area contributed by atoms with Gasteiger partial charge in [0, 0.05) is 45.8 Å². The first kappa shape index (κ1) is 26.7. The number of carbonyl (C=O) groups is 1. The molecule has 1 fully saturated rings. The number of halogens is 1. The van der Waals surface area contributed by atoms with E-state index < -0.39 is 0 Å². The molecule has 0 bridgehead atoms. The molecule has 0 saturated heterocycles. The largest absolute Gasteiger partial charge is 0.356 e. The fourth-order valence-electron chi connectivity index (χ4n) is 3.90. The zero-order valence-corrected chi connectivity index (χ0v) is 21.4. The summed E-state index contributed by atoms with van der Waals surface area (Å²) in [5.41, 5.74) is 1.88. The number of amides is 1. The van der Waals surface area contributed by atoms with Gasteiger partial charge in [0.05, 0.1) is 0 Å². The third-order valence-corrected chi connectivity index (χ3v) is 5.69. The predicted molar refractivity (Wildman–Crippen MR) is 137 cm³/mol. The van der Waals surface area contributed by atoms with Crippen LogP contribution in [0.5, 0.6) is 0 Å². The van der Waals surface area contributed by atoms with Crippen molar-refractivity contribution in [3.8, 4) is 0 Å². The van der Waals surface area contributed by atoms with Gasteiger partial charge in [0.2, 0.25) is 0 Å². The van der Waals surface area contributed by atoms with Gasteiger partial charge in [-0.3, -0.25) is 9.79 Å². The number of guanidine groups is 1. The van der Waals surface area contributed by atoms with Crippen molar-refractivity contribution in [2.45, 2.75) is 51.0 Å². The molecule has 1 amide bonds. The molecule has 7 heteroatoms. The molecule has 1 aromatic carbocycles. The molecule has 1 aliphatic carbocycles. The van der Waals surface area contributed by atoms with Crippen molar-refractivity contribution >= 4 is 35.8 Å². The van der Waals surface area contributed by atoms with Crippen molar-refractivity contribution in [2.24, 2.45) is 4.99 Å². The van der Waals surface area contributed by atoms with Crippen molar-refractivity contribution in [3.63, 3.8) is 0 Å². The van der Waals surface area contributed by atoms with E-state index in [2.05, 4.69) is 33.6 Å². The van der Waals surface area contributed by atoms with E-state index >= 15 is 0 Å². The Balaban J connectivity index is 0.00000450. The Bertz CT molecular complexity index is 659. The predicted octanol–water partition coefficient (Wildman–Crippen LogP) is 3.37. The average Bonchev–Trinajstić information content (AvgIpc) is 2.75. The SMILES string of the molecule is CN=C(NCCCN(C)C1CCCCC1)NCCc1cccc(C(=O)N(C)C)c1.I. The molecule has 0 aromatic heterocycles. The number of hydrogen-bond donors (Lipinski definition) is 2. The molecule has 1 aromatic rings.